The summed E-state index contributed by atoms with van der Waals surface area (Å²) < 4.78 is 0. The van der Waals surface area contributed by atoms with Gasteiger partial charge in [-0.05, 0) is 25.5 Å². The molecule has 0 aromatic carbocycles. The van der Waals surface area contributed by atoms with Crippen molar-refractivity contribution in [1.82, 2.24) is 4.98 Å². The normalized spacial score (nSPS) is 8.58. The predicted molar refractivity (Wildman–Crippen MR) is 50.6 cm³/mol. The van der Waals surface area contributed by atoms with E-state index in [1.165, 1.54) is 0 Å². The molecule has 0 spiro atoms. The summed E-state index contributed by atoms with van der Waals surface area (Å²) in [6.45, 7) is 3.85. The summed E-state index contributed by atoms with van der Waals surface area (Å²) in [5, 5.41) is 7.57. The lowest BCUT2D eigenvalue weighted by atomic mass is 10.3. The monoisotopic (exact) mass is 169 g/mol. The first kappa shape index (κ1) is 10.7. The van der Waals surface area contributed by atoms with Gasteiger partial charge in [0, 0.05) is 12.8 Å². The lowest BCUT2D eigenvalue weighted by Gasteiger charge is -1.97. The van der Waals surface area contributed by atoms with E-state index in [2.05, 4.69) is 4.98 Å². The summed E-state index contributed by atoms with van der Waals surface area (Å²) >= 11 is 0. The van der Waals surface area contributed by atoms with Crippen molar-refractivity contribution in [3.8, 4) is 0 Å². The number of rotatable bonds is 0. The summed E-state index contributed by atoms with van der Waals surface area (Å²) in [5.74, 6) is 0.403. The van der Waals surface area contributed by atoms with Crippen molar-refractivity contribution >= 4 is 11.5 Å². The SMILES string of the molecule is CCO.Cc1cnc(N)c(N)c1. The average molecular weight is 169 g/mol. The summed E-state index contributed by atoms with van der Waals surface area (Å²) in [5.41, 5.74) is 12.4. The Hall–Kier alpha value is -1.29. The molecule has 4 heteroatoms. The zero-order chi connectivity index (χ0) is 9.56. The number of aliphatic hydroxyl groups is 1. The zero-order valence-corrected chi connectivity index (χ0v) is 7.41. The average Bonchev–Trinajstić information content (AvgIpc) is 1.99. The Balaban J connectivity index is 0.000000354. The predicted octanol–water partition coefficient (Wildman–Crippen LogP) is 0.553. The van der Waals surface area contributed by atoms with Crippen LogP contribution in [0.1, 0.15) is 12.5 Å². The summed E-state index contributed by atoms with van der Waals surface area (Å²) in [6.07, 6.45) is 1.69. The smallest absolute Gasteiger partial charge is 0.146 e. The van der Waals surface area contributed by atoms with Crippen molar-refractivity contribution in [2.45, 2.75) is 13.8 Å². The first-order chi connectivity index (χ1) is 5.61. The summed E-state index contributed by atoms with van der Waals surface area (Å²) in [7, 11) is 0. The minimum atomic E-state index is 0.250. The fourth-order valence-corrected chi connectivity index (χ4v) is 0.602. The molecule has 1 aromatic rings. The van der Waals surface area contributed by atoms with Gasteiger partial charge in [0.05, 0.1) is 5.69 Å². The molecule has 0 fully saturated rings. The van der Waals surface area contributed by atoms with Gasteiger partial charge in [0.15, 0.2) is 0 Å². The van der Waals surface area contributed by atoms with Gasteiger partial charge in [-0.1, -0.05) is 0 Å². The van der Waals surface area contributed by atoms with E-state index in [9.17, 15) is 0 Å². The van der Waals surface area contributed by atoms with Gasteiger partial charge in [0.1, 0.15) is 5.82 Å². The largest absolute Gasteiger partial charge is 0.397 e. The van der Waals surface area contributed by atoms with Crippen LogP contribution in [0.5, 0.6) is 0 Å². The zero-order valence-electron chi connectivity index (χ0n) is 7.41. The number of pyridine rings is 1. The molecule has 1 heterocycles. The van der Waals surface area contributed by atoms with E-state index in [1.807, 2.05) is 6.92 Å². The van der Waals surface area contributed by atoms with Gasteiger partial charge >= 0.3 is 0 Å². The molecule has 68 valence electrons. The number of nitrogen functional groups attached to an aromatic ring is 2. The molecule has 0 amide bonds. The first-order valence-corrected chi connectivity index (χ1v) is 3.70. The number of hydrogen-bond acceptors (Lipinski definition) is 4. The second-order valence-corrected chi connectivity index (χ2v) is 2.30. The van der Waals surface area contributed by atoms with Crippen molar-refractivity contribution in [3.05, 3.63) is 17.8 Å². The molecule has 4 nitrogen and oxygen atoms in total. The van der Waals surface area contributed by atoms with Crippen molar-refractivity contribution in [1.29, 1.82) is 0 Å². The fourth-order valence-electron chi connectivity index (χ4n) is 0.602. The van der Waals surface area contributed by atoms with E-state index < -0.39 is 0 Å². The van der Waals surface area contributed by atoms with Gasteiger partial charge in [-0.25, -0.2) is 4.98 Å². The van der Waals surface area contributed by atoms with Crippen LogP contribution in [0.25, 0.3) is 0 Å². The molecule has 0 radical (unpaired) electrons. The highest BCUT2D eigenvalue weighted by atomic mass is 16.2. The molecule has 1 aromatic heterocycles. The van der Waals surface area contributed by atoms with Crippen LogP contribution in [-0.2, 0) is 0 Å². The molecule has 0 aliphatic heterocycles. The molecular weight excluding hydrogens is 154 g/mol. The lowest BCUT2D eigenvalue weighted by Crippen LogP contribution is -1.97. The van der Waals surface area contributed by atoms with E-state index in [1.54, 1.807) is 19.2 Å². The topological polar surface area (TPSA) is 85.2 Å². The fraction of sp³-hybridized carbons (Fsp3) is 0.375. The van der Waals surface area contributed by atoms with E-state index in [0.717, 1.165) is 5.56 Å². The number of hydrogen-bond donors (Lipinski definition) is 3. The van der Waals surface area contributed by atoms with Crippen LogP contribution in [0.2, 0.25) is 0 Å². The Morgan fingerprint density at radius 2 is 2.00 bits per heavy atom. The standard InChI is InChI=1S/C6H9N3.C2H6O/c1-4-2-5(7)6(8)9-3-4;1-2-3/h2-3H,7H2,1H3,(H2,8,9);3H,2H2,1H3. The quantitative estimate of drug-likeness (QED) is 0.529. The summed E-state index contributed by atoms with van der Waals surface area (Å²) in [4.78, 5) is 3.83. The third-order valence-corrected chi connectivity index (χ3v) is 1.09. The van der Waals surface area contributed by atoms with Crippen LogP contribution < -0.4 is 11.5 Å². The van der Waals surface area contributed by atoms with Crippen molar-refractivity contribution in [2.75, 3.05) is 18.1 Å². The molecule has 12 heavy (non-hydrogen) atoms. The third kappa shape index (κ3) is 3.78. The van der Waals surface area contributed by atoms with Gasteiger partial charge in [0.25, 0.3) is 0 Å². The minimum Gasteiger partial charge on any atom is -0.397 e. The Morgan fingerprint density at radius 1 is 1.50 bits per heavy atom. The second-order valence-electron chi connectivity index (χ2n) is 2.30. The van der Waals surface area contributed by atoms with E-state index in [0.29, 0.717) is 11.5 Å². The third-order valence-electron chi connectivity index (χ3n) is 1.09. The second kappa shape index (κ2) is 5.37. The number of aliphatic hydroxyl groups excluding tert-OH is 1. The van der Waals surface area contributed by atoms with E-state index in [-0.39, 0.29) is 6.61 Å². The van der Waals surface area contributed by atoms with Gasteiger partial charge in [-0.15, -0.1) is 0 Å². The van der Waals surface area contributed by atoms with Gasteiger partial charge < -0.3 is 16.6 Å². The molecule has 0 aliphatic rings. The Kier molecular flexibility index (Phi) is 4.79. The molecular formula is C8H15N3O. The van der Waals surface area contributed by atoms with Crippen molar-refractivity contribution < 1.29 is 5.11 Å². The molecule has 0 bridgehead atoms. The Labute approximate surface area is 72.2 Å². The minimum absolute atomic E-state index is 0.250. The van der Waals surface area contributed by atoms with E-state index >= 15 is 0 Å². The van der Waals surface area contributed by atoms with Crippen LogP contribution in [-0.4, -0.2) is 16.7 Å². The maximum Gasteiger partial charge on any atom is 0.146 e. The van der Waals surface area contributed by atoms with Crippen LogP contribution in [0.15, 0.2) is 12.3 Å². The van der Waals surface area contributed by atoms with Gasteiger partial charge in [-0.3, -0.25) is 0 Å². The highest BCUT2D eigenvalue weighted by Gasteiger charge is 1.92. The molecule has 0 atom stereocenters. The highest BCUT2D eigenvalue weighted by molar-refractivity contribution is 5.58. The molecule has 1 rings (SSSR count). The number of aromatic nitrogens is 1. The molecule has 0 saturated carbocycles. The Morgan fingerprint density at radius 3 is 2.33 bits per heavy atom. The molecule has 5 N–H and O–H groups in total. The van der Waals surface area contributed by atoms with Crippen LogP contribution in [0.4, 0.5) is 11.5 Å². The number of aryl methyl sites for hydroxylation is 1. The van der Waals surface area contributed by atoms with Gasteiger partial charge in [-0.2, -0.15) is 0 Å². The molecule has 0 saturated heterocycles. The summed E-state index contributed by atoms with van der Waals surface area (Å²) in [6, 6.07) is 1.79. The van der Waals surface area contributed by atoms with Crippen molar-refractivity contribution in [3.63, 3.8) is 0 Å². The number of nitrogens with two attached hydrogens (primary N) is 2. The molecule has 0 unspecified atom stereocenters. The number of nitrogens with zero attached hydrogens (tertiary/aromatic N) is 1. The maximum atomic E-state index is 7.57. The highest BCUT2D eigenvalue weighted by Crippen LogP contribution is 2.10. The van der Waals surface area contributed by atoms with Crippen molar-refractivity contribution in [2.24, 2.45) is 0 Å². The van der Waals surface area contributed by atoms with Crippen LogP contribution in [0.3, 0.4) is 0 Å². The van der Waals surface area contributed by atoms with E-state index in [4.69, 9.17) is 16.6 Å². The van der Waals surface area contributed by atoms with Crippen LogP contribution in [0, 0.1) is 6.92 Å². The Bertz CT molecular complexity index is 238. The van der Waals surface area contributed by atoms with Gasteiger partial charge in [0.2, 0.25) is 0 Å². The lowest BCUT2D eigenvalue weighted by molar-refractivity contribution is 0.318. The number of anilines is 2. The maximum absolute atomic E-state index is 7.57. The van der Waals surface area contributed by atoms with Crippen LogP contribution >= 0.6 is 0 Å². The molecule has 0 aliphatic carbocycles. The first-order valence-electron chi connectivity index (χ1n) is 3.70.